The molecule has 0 saturated heterocycles. The molecule has 188 valence electrons. The molecule has 1 amide bonds. The minimum Gasteiger partial charge on any atom is -0.483 e. The molecular weight excluding hydrogens is 568 g/mol. The quantitative estimate of drug-likeness (QED) is 0.0949. The summed E-state index contributed by atoms with van der Waals surface area (Å²) < 4.78 is 12.1. The van der Waals surface area contributed by atoms with Crippen LogP contribution in [0.15, 0.2) is 107 Å². The van der Waals surface area contributed by atoms with Gasteiger partial charge in [-0.05, 0) is 61.7 Å². The first-order valence-electron chi connectivity index (χ1n) is 11.6. The summed E-state index contributed by atoms with van der Waals surface area (Å²) in [5.41, 5.74) is 3.25. The molecule has 0 saturated carbocycles. The monoisotopic (exact) mass is 586 g/mol. The highest BCUT2D eigenvalue weighted by atomic mass is 79.9. The zero-order valence-electron chi connectivity index (χ0n) is 19.9. The number of nitrogens with zero attached hydrogens (tertiary/aromatic N) is 1. The molecule has 0 bridgehead atoms. The first kappa shape index (κ1) is 25.4. The number of benzene rings is 5. The second-order valence-electron chi connectivity index (χ2n) is 8.25. The minimum absolute atomic E-state index is 0.238. The first-order valence-corrected chi connectivity index (χ1v) is 12.8. The van der Waals surface area contributed by atoms with Crippen LogP contribution >= 0.6 is 27.5 Å². The van der Waals surface area contributed by atoms with Crippen LogP contribution in [-0.4, -0.2) is 24.7 Å². The topological polar surface area (TPSA) is 77.0 Å². The summed E-state index contributed by atoms with van der Waals surface area (Å²) in [5.74, 6) is -0.219. The fraction of sp³-hybridized carbons (Fsp3) is 0.0333. The van der Waals surface area contributed by atoms with Crippen LogP contribution in [0.2, 0.25) is 5.02 Å². The standard InChI is InChI=1S/C30H20BrClN2O4/c31-29-22-10-4-2-8-20(22)14-16-27(29)37-18-28(35)34-33-17-24-21-9-3-1-7-19(21)13-15-26(24)38-30(36)23-11-5-6-12-25(23)32/h1-17H,18H2,(H,34,35)/b33-17+. The van der Waals surface area contributed by atoms with E-state index in [0.29, 0.717) is 16.3 Å². The number of hydrogen-bond donors (Lipinski definition) is 1. The van der Waals surface area contributed by atoms with E-state index in [0.717, 1.165) is 26.0 Å². The highest BCUT2D eigenvalue weighted by molar-refractivity contribution is 9.10. The largest absolute Gasteiger partial charge is 0.483 e. The van der Waals surface area contributed by atoms with Crippen molar-refractivity contribution in [2.24, 2.45) is 5.10 Å². The van der Waals surface area contributed by atoms with Crippen LogP contribution in [0.3, 0.4) is 0 Å². The van der Waals surface area contributed by atoms with Crippen molar-refractivity contribution < 1.29 is 19.1 Å². The fourth-order valence-electron chi connectivity index (χ4n) is 3.95. The van der Waals surface area contributed by atoms with Gasteiger partial charge in [0.15, 0.2) is 6.61 Å². The van der Waals surface area contributed by atoms with E-state index >= 15 is 0 Å². The van der Waals surface area contributed by atoms with Gasteiger partial charge in [-0.3, -0.25) is 4.79 Å². The van der Waals surface area contributed by atoms with Gasteiger partial charge in [-0.2, -0.15) is 5.10 Å². The van der Waals surface area contributed by atoms with Crippen molar-refractivity contribution in [2.75, 3.05) is 6.61 Å². The minimum atomic E-state index is -0.598. The van der Waals surface area contributed by atoms with Crippen molar-refractivity contribution in [2.45, 2.75) is 0 Å². The van der Waals surface area contributed by atoms with E-state index in [-0.39, 0.29) is 17.9 Å². The summed E-state index contributed by atoms with van der Waals surface area (Å²) in [6, 6.07) is 29.4. The number of fused-ring (bicyclic) bond motifs is 2. The second kappa shape index (κ2) is 11.5. The van der Waals surface area contributed by atoms with Crippen molar-refractivity contribution >= 4 is 67.2 Å². The van der Waals surface area contributed by atoms with Crippen LogP contribution < -0.4 is 14.9 Å². The van der Waals surface area contributed by atoms with E-state index < -0.39 is 11.9 Å². The Morgan fingerprint density at radius 3 is 2.21 bits per heavy atom. The predicted molar refractivity (Wildman–Crippen MR) is 153 cm³/mol. The lowest BCUT2D eigenvalue weighted by Gasteiger charge is -2.11. The zero-order chi connectivity index (χ0) is 26.5. The summed E-state index contributed by atoms with van der Waals surface area (Å²) in [7, 11) is 0. The predicted octanol–water partition coefficient (Wildman–Crippen LogP) is 7.16. The lowest BCUT2D eigenvalue weighted by atomic mass is 10.0. The molecule has 0 aliphatic carbocycles. The Kier molecular flexibility index (Phi) is 7.67. The summed E-state index contributed by atoms with van der Waals surface area (Å²) in [6.07, 6.45) is 1.45. The summed E-state index contributed by atoms with van der Waals surface area (Å²) in [6.45, 7) is -0.238. The van der Waals surface area contributed by atoms with Crippen molar-refractivity contribution in [3.63, 3.8) is 0 Å². The Balaban J connectivity index is 1.32. The van der Waals surface area contributed by atoms with Gasteiger partial charge >= 0.3 is 5.97 Å². The molecule has 0 fully saturated rings. The smallest absolute Gasteiger partial charge is 0.345 e. The molecule has 5 aromatic carbocycles. The number of ether oxygens (including phenoxy) is 2. The molecule has 1 N–H and O–H groups in total. The van der Waals surface area contributed by atoms with E-state index in [1.165, 1.54) is 6.21 Å². The molecule has 5 aromatic rings. The molecule has 8 heteroatoms. The van der Waals surface area contributed by atoms with Gasteiger partial charge in [-0.15, -0.1) is 0 Å². The van der Waals surface area contributed by atoms with Crippen LogP contribution in [0.5, 0.6) is 11.5 Å². The van der Waals surface area contributed by atoms with Crippen molar-refractivity contribution in [1.29, 1.82) is 0 Å². The van der Waals surface area contributed by atoms with Gasteiger partial charge in [0.25, 0.3) is 5.91 Å². The molecule has 0 aliphatic rings. The lowest BCUT2D eigenvalue weighted by Crippen LogP contribution is -2.24. The molecule has 5 rings (SSSR count). The summed E-state index contributed by atoms with van der Waals surface area (Å²) in [5, 5.41) is 8.15. The third-order valence-corrected chi connectivity index (χ3v) is 6.94. The van der Waals surface area contributed by atoms with Crippen molar-refractivity contribution in [3.8, 4) is 11.5 Å². The van der Waals surface area contributed by atoms with Gasteiger partial charge in [-0.25, -0.2) is 10.2 Å². The van der Waals surface area contributed by atoms with Gasteiger partial charge in [0.05, 0.1) is 21.3 Å². The molecule has 6 nitrogen and oxygen atoms in total. The maximum absolute atomic E-state index is 12.8. The number of amides is 1. The summed E-state index contributed by atoms with van der Waals surface area (Å²) >= 11 is 9.71. The van der Waals surface area contributed by atoms with Gasteiger partial charge in [-0.1, -0.05) is 84.4 Å². The highest BCUT2D eigenvalue weighted by Gasteiger charge is 2.16. The number of halogens is 2. The molecule has 0 spiro atoms. The van der Waals surface area contributed by atoms with E-state index in [1.807, 2.05) is 60.7 Å². The third-order valence-electron chi connectivity index (χ3n) is 5.80. The van der Waals surface area contributed by atoms with Gasteiger partial charge in [0.2, 0.25) is 0 Å². The Labute approximate surface area is 232 Å². The van der Waals surface area contributed by atoms with Crippen LogP contribution in [-0.2, 0) is 4.79 Å². The number of carbonyl (C=O) groups is 2. The van der Waals surface area contributed by atoms with E-state index in [2.05, 4.69) is 26.5 Å². The number of hydrazone groups is 1. The number of carbonyl (C=O) groups excluding carboxylic acids is 2. The van der Waals surface area contributed by atoms with E-state index in [4.69, 9.17) is 21.1 Å². The second-order valence-corrected chi connectivity index (χ2v) is 9.45. The van der Waals surface area contributed by atoms with Crippen molar-refractivity contribution in [3.05, 3.63) is 118 Å². The molecule has 0 unspecified atom stereocenters. The van der Waals surface area contributed by atoms with Crippen molar-refractivity contribution in [1.82, 2.24) is 5.43 Å². The SMILES string of the molecule is O=C(COc1ccc2ccccc2c1Br)N/N=C/c1c(OC(=O)c2ccccc2Cl)ccc2ccccc12. The third kappa shape index (κ3) is 5.54. The molecule has 0 radical (unpaired) electrons. The number of rotatable bonds is 7. The highest BCUT2D eigenvalue weighted by Crippen LogP contribution is 2.33. The summed E-state index contributed by atoms with van der Waals surface area (Å²) in [4.78, 5) is 25.3. The van der Waals surface area contributed by atoms with Crippen LogP contribution in [0.4, 0.5) is 0 Å². The molecule has 0 heterocycles. The average molecular weight is 588 g/mol. The van der Waals surface area contributed by atoms with E-state index in [1.54, 1.807) is 36.4 Å². The number of esters is 1. The number of hydrogen-bond acceptors (Lipinski definition) is 5. The van der Waals surface area contributed by atoms with Crippen LogP contribution in [0, 0.1) is 0 Å². The molecular formula is C30H20BrClN2O4. The Morgan fingerprint density at radius 1 is 0.816 bits per heavy atom. The maximum atomic E-state index is 12.8. The zero-order valence-corrected chi connectivity index (χ0v) is 22.2. The number of nitrogens with one attached hydrogen (secondary N) is 1. The van der Waals surface area contributed by atoms with Crippen LogP contribution in [0.1, 0.15) is 15.9 Å². The van der Waals surface area contributed by atoms with Gasteiger partial charge in [0.1, 0.15) is 11.5 Å². The molecule has 0 aliphatic heterocycles. The Bertz CT molecular complexity index is 1700. The maximum Gasteiger partial charge on any atom is 0.345 e. The lowest BCUT2D eigenvalue weighted by molar-refractivity contribution is -0.123. The van der Waals surface area contributed by atoms with E-state index in [9.17, 15) is 9.59 Å². The Hall–Kier alpha value is -4.20. The molecule has 0 atom stereocenters. The molecule has 0 aromatic heterocycles. The Morgan fingerprint density at radius 2 is 1.45 bits per heavy atom. The van der Waals surface area contributed by atoms with Crippen LogP contribution in [0.25, 0.3) is 21.5 Å². The van der Waals surface area contributed by atoms with Gasteiger partial charge < -0.3 is 9.47 Å². The molecule has 38 heavy (non-hydrogen) atoms. The first-order chi connectivity index (χ1) is 18.5. The van der Waals surface area contributed by atoms with Gasteiger partial charge in [0, 0.05) is 5.56 Å². The average Bonchev–Trinajstić information content (AvgIpc) is 2.94. The normalized spacial score (nSPS) is 11.1. The fourth-order valence-corrected chi connectivity index (χ4v) is 4.77.